The number of nitrogens with one attached hydrogen (secondary N) is 2. The number of hydrogen-bond donors (Lipinski definition) is 2. The molecule has 1 aromatic carbocycles. The van der Waals surface area contributed by atoms with E-state index in [1.165, 1.54) is 28.4 Å². The highest BCUT2D eigenvalue weighted by molar-refractivity contribution is 7.13. The number of thiazole rings is 1. The van der Waals surface area contributed by atoms with E-state index in [1.54, 1.807) is 38.4 Å². The molecular formula is C19H20N6O5S. The second-order valence-corrected chi connectivity index (χ2v) is 7.60. The van der Waals surface area contributed by atoms with E-state index in [9.17, 15) is 19.7 Å². The van der Waals surface area contributed by atoms with Gasteiger partial charge in [0.2, 0.25) is 0 Å². The summed E-state index contributed by atoms with van der Waals surface area (Å²) in [5.74, 6) is 0.226. The molecule has 2 heterocycles. The summed E-state index contributed by atoms with van der Waals surface area (Å²) in [6, 6.07) is 5.52. The molecule has 0 bridgehead atoms. The predicted octanol–water partition coefficient (Wildman–Crippen LogP) is 3.25. The van der Waals surface area contributed by atoms with E-state index in [2.05, 4.69) is 20.8 Å². The Bertz CT molecular complexity index is 1110. The van der Waals surface area contributed by atoms with Crippen LogP contribution < -0.4 is 10.6 Å². The topological polar surface area (TPSA) is 144 Å². The van der Waals surface area contributed by atoms with Crippen LogP contribution in [0.5, 0.6) is 0 Å². The van der Waals surface area contributed by atoms with Crippen molar-refractivity contribution in [3.05, 3.63) is 68.0 Å². The van der Waals surface area contributed by atoms with Gasteiger partial charge >= 0.3 is 6.03 Å². The Kier molecular flexibility index (Phi) is 6.60. The average molecular weight is 444 g/mol. The van der Waals surface area contributed by atoms with Crippen LogP contribution >= 0.6 is 11.3 Å². The van der Waals surface area contributed by atoms with Crippen molar-refractivity contribution < 1.29 is 19.0 Å². The number of rotatable bonds is 7. The molecule has 0 fully saturated rings. The van der Waals surface area contributed by atoms with Gasteiger partial charge in [-0.15, -0.1) is 11.3 Å². The van der Waals surface area contributed by atoms with Crippen LogP contribution in [0.2, 0.25) is 0 Å². The number of nitrogens with zero attached hydrogens (tertiary/aromatic N) is 4. The maximum Gasteiger partial charge on any atom is 0.321 e. The number of nitro benzene ring substituents is 1. The van der Waals surface area contributed by atoms with Gasteiger partial charge in [0.05, 0.1) is 22.9 Å². The number of anilines is 1. The molecule has 2 N–H and O–H groups in total. The van der Waals surface area contributed by atoms with E-state index in [1.807, 2.05) is 0 Å². The molecule has 12 heteroatoms. The highest BCUT2D eigenvalue weighted by Gasteiger charge is 2.21. The van der Waals surface area contributed by atoms with Crippen molar-refractivity contribution >= 4 is 34.1 Å². The van der Waals surface area contributed by atoms with Gasteiger partial charge in [0.1, 0.15) is 11.3 Å². The molecule has 0 aliphatic rings. The smallest absolute Gasteiger partial charge is 0.321 e. The number of carbonyl (C=O) groups excluding carboxylic acids is 2. The van der Waals surface area contributed by atoms with Gasteiger partial charge in [-0.05, 0) is 19.4 Å². The fourth-order valence-corrected chi connectivity index (χ4v) is 3.53. The fourth-order valence-electron chi connectivity index (χ4n) is 2.83. The number of hydrogen-bond acceptors (Lipinski definition) is 8. The third-order valence-electron chi connectivity index (χ3n) is 4.34. The molecule has 0 saturated carbocycles. The lowest BCUT2D eigenvalue weighted by Gasteiger charge is -2.15. The molecule has 0 saturated heterocycles. The zero-order valence-corrected chi connectivity index (χ0v) is 17.9. The Labute approximate surface area is 181 Å². The van der Waals surface area contributed by atoms with Crippen molar-refractivity contribution in [1.29, 1.82) is 0 Å². The highest BCUT2D eigenvalue weighted by atomic mass is 32.1. The van der Waals surface area contributed by atoms with Gasteiger partial charge in [-0.1, -0.05) is 17.3 Å². The average Bonchev–Trinajstić information content (AvgIpc) is 3.31. The van der Waals surface area contributed by atoms with E-state index >= 15 is 0 Å². The molecule has 2 aromatic heterocycles. The Hall–Kier alpha value is -3.80. The summed E-state index contributed by atoms with van der Waals surface area (Å²) in [7, 11) is 1.65. The van der Waals surface area contributed by atoms with Crippen molar-refractivity contribution in [2.45, 2.75) is 26.9 Å². The summed E-state index contributed by atoms with van der Waals surface area (Å²) in [6.45, 7) is 3.75. The van der Waals surface area contributed by atoms with Crippen LogP contribution in [-0.2, 0) is 13.1 Å². The Balaban J connectivity index is 1.53. The first-order valence-electron chi connectivity index (χ1n) is 9.15. The molecule has 3 aromatic rings. The van der Waals surface area contributed by atoms with Crippen molar-refractivity contribution in [3.63, 3.8) is 0 Å². The molecule has 162 valence electrons. The van der Waals surface area contributed by atoms with Crippen molar-refractivity contribution in [2.24, 2.45) is 0 Å². The summed E-state index contributed by atoms with van der Waals surface area (Å²) in [5.41, 5.74) is 2.12. The van der Waals surface area contributed by atoms with E-state index < -0.39 is 11.0 Å². The monoisotopic (exact) mass is 444 g/mol. The first-order valence-corrected chi connectivity index (χ1v) is 10.0. The van der Waals surface area contributed by atoms with E-state index in [4.69, 9.17) is 4.52 Å². The number of urea groups is 1. The summed E-state index contributed by atoms with van der Waals surface area (Å²) in [6.07, 6.45) is 0. The SMILES string of the molecule is Cc1noc(C)c1C(=O)N(C)Cc1csc(NC(=O)NCc2cccc([N+](=O)[O-])c2)n1. The molecular weight excluding hydrogens is 424 g/mol. The standard InChI is InChI=1S/C19H20N6O5S/c1-11-16(12(2)30-23-11)17(26)24(3)9-14-10-31-19(21-14)22-18(27)20-8-13-5-4-6-15(7-13)25(28)29/h4-7,10H,8-9H2,1-3H3,(H2,20,21,22,27). The minimum absolute atomic E-state index is 0.0421. The minimum atomic E-state index is -0.493. The summed E-state index contributed by atoms with van der Waals surface area (Å²) in [4.78, 5) is 40.8. The van der Waals surface area contributed by atoms with E-state index in [0.29, 0.717) is 33.4 Å². The Morgan fingerprint density at radius 3 is 2.77 bits per heavy atom. The molecule has 3 amide bonds. The molecule has 11 nitrogen and oxygen atoms in total. The number of nitro groups is 1. The second kappa shape index (κ2) is 9.34. The van der Waals surface area contributed by atoms with E-state index in [-0.39, 0.29) is 24.7 Å². The third-order valence-corrected chi connectivity index (χ3v) is 5.15. The maximum atomic E-state index is 12.6. The van der Waals surface area contributed by atoms with Gasteiger partial charge in [-0.3, -0.25) is 20.2 Å². The number of amides is 3. The van der Waals surface area contributed by atoms with Crippen LogP contribution in [0, 0.1) is 24.0 Å². The normalized spacial score (nSPS) is 10.5. The zero-order chi connectivity index (χ0) is 22.5. The fraction of sp³-hybridized carbons (Fsp3) is 0.263. The predicted molar refractivity (Wildman–Crippen MR) is 113 cm³/mol. The Morgan fingerprint density at radius 1 is 1.32 bits per heavy atom. The first kappa shape index (κ1) is 21.9. The van der Waals surface area contributed by atoms with Crippen LogP contribution in [0.1, 0.15) is 33.1 Å². The lowest BCUT2D eigenvalue weighted by Crippen LogP contribution is -2.28. The lowest BCUT2D eigenvalue weighted by atomic mass is 10.2. The molecule has 0 aliphatic heterocycles. The quantitative estimate of drug-likeness (QED) is 0.420. The van der Waals surface area contributed by atoms with Gasteiger partial charge in [-0.25, -0.2) is 9.78 Å². The van der Waals surface area contributed by atoms with Crippen LogP contribution in [0.3, 0.4) is 0 Å². The molecule has 0 unspecified atom stereocenters. The molecule has 31 heavy (non-hydrogen) atoms. The maximum absolute atomic E-state index is 12.6. The van der Waals surface area contributed by atoms with Crippen LogP contribution in [0.25, 0.3) is 0 Å². The number of non-ortho nitro benzene ring substituents is 1. The summed E-state index contributed by atoms with van der Waals surface area (Å²) < 4.78 is 5.04. The highest BCUT2D eigenvalue weighted by Crippen LogP contribution is 2.19. The first-order chi connectivity index (χ1) is 14.7. The molecule has 0 spiro atoms. The number of benzene rings is 1. The molecule has 3 rings (SSSR count). The number of aryl methyl sites for hydroxylation is 2. The third kappa shape index (κ3) is 5.42. The molecule has 0 atom stereocenters. The van der Waals surface area contributed by atoms with Gasteiger partial charge in [-0.2, -0.15) is 0 Å². The Morgan fingerprint density at radius 2 is 2.10 bits per heavy atom. The number of carbonyl (C=O) groups is 2. The van der Waals surface area contributed by atoms with Gasteiger partial charge in [0.15, 0.2) is 5.13 Å². The lowest BCUT2D eigenvalue weighted by molar-refractivity contribution is -0.384. The minimum Gasteiger partial charge on any atom is -0.361 e. The van der Waals surface area contributed by atoms with Gasteiger partial charge in [0, 0.05) is 31.1 Å². The summed E-state index contributed by atoms with van der Waals surface area (Å²) in [5, 5.41) is 22.0. The van der Waals surface area contributed by atoms with Crippen molar-refractivity contribution in [2.75, 3.05) is 12.4 Å². The second-order valence-electron chi connectivity index (χ2n) is 6.74. The zero-order valence-electron chi connectivity index (χ0n) is 17.0. The van der Waals surface area contributed by atoms with Gasteiger partial charge in [0.25, 0.3) is 11.6 Å². The molecule has 0 radical (unpaired) electrons. The van der Waals surface area contributed by atoms with E-state index in [0.717, 1.165) is 0 Å². The van der Waals surface area contributed by atoms with Crippen molar-refractivity contribution in [1.82, 2.24) is 20.4 Å². The van der Waals surface area contributed by atoms with Crippen LogP contribution in [-0.4, -0.2) is 38.9 Å². The van der Waals surface area contributed by atoms with Crippen LogP contribution in [0.4, 0.5) is 15.6 Å². The molecule has 0 aliphatic carbocycles. The van der Waals surface area contributed by atoms with Gasteiger partial charge < -0.3 is 14.7 Å². The largest absolute Gasteiger partial charge is 0.361 e. The van der Waals surface area contributed by atoms with Crippen molar-refractivity contribution in [3.8, 4) is 0 Å². The summed E-state index contributed by atoms with van der Waals surface area (Å²) >= 11 is 1.22. The number of aromatic nitrogens is 2. The van der Waals surface area contributed by atoms with Crippen LogP contribution in [0.15, 0.2) is 34.2 Å².